The van der Waals surface area contributed by atoms with Gasteiger partial charge in [0.15, 0.2) is 5.79 Å². The highest BCUT2D eigenvalue weighted by Gasteiger charge is 2.18. The van der Waals surface area contributed by atoms with Gasteiger partial charge in [0.1, 0.15) is 0 Å². The Morgan fingerprint density at radius 3 is 1.90 bits per heavy atom. The van der Waals surface area contributed by atoms with Crippen LogP contribution in [0, 0.1) is 0 Å². The standard InChI is InChI=1S/C8H16O2/c1-5-8(4,9-6-2)10-7-3/h5H,1,6-7H2,2-4H3. The normalized spacial score (nSPS) is 11.5. The van der Waals surface area contributed by atoms with E-state index in [0.717, 1.165) is 0 Å². The molecule has 0 aliphatic carbocycles. The lowest BCUT2D eigenvalue weighted by Gasteiger charge is -2.24. The fraction of sp³-hybridized carbons (Fsp3) is 0.750. The third kappa shape index (κ3) is 2.99. The Labute approximate surface area is 62.8 Å². The average Bonchev–Trinajstić information content (AvgIpc) is 1.89. The summed E-state index contributed by atoms with van der Waals surface area (Å²) in [4.78, 5) is 0. The van der Waals surface area contributed by atoms with Crippen molar-refractivity contribution in [3.63, 3.8) is 0 Å². The summed E-state index contributed by atoms with van der Waals surface area (Å²) in [6.45, 7) is 10.6. The SMILES string of the molecule is C=CC(C)(OCC)OCC. The first-order valence-corrected chi connectivity index (χ1v) is 3.60. The van der Waals surface area contributed by atoms with Gasteiger partial charge in [-0.3, -0.25) is 0 Å². The van der Waals surface area contributed by atoms with Gasteiger partial charge in [0.25, 0.3) is 0 Å². The Morgan fingerprint density at radius 2 is 1.70 bits per heavy atom. The molecule has 0 atom stereocenters. The maximum Gasteiger partial charge on any atom is 0.184 e. The van der Waals surface area contributed by atoms with Crippen molar-refractivity contribution in [1.82, 2.24) is 0 Å². The zero-order chi connectivity index (χ0) is 8.04. The Kier molecular flexibility index (Phi) is 4.32. The molecule has 0 unspecified atom stereocenters. The Hall–Kier alpha value is -0.340. The van der Waals surface area contributed by atoms with E-state index in [0.29, 0.717) is 13.2 Å². The summed E-state index contributed by atoms with van der Waals surface area (Å²) in [5.41, 5.74) is 0. The lowest BCUT2D eigenvalue weighted by molar-refractivity contribution is -0.186. The number of ether oxygens (including phenoxy) is 2. The fourth-order valence-corrected chi connectivity index (χ4v) is 0.733. The Morgan fingerprint density at radius 1 is 1.30 bits per heavy atom. The highest BCUT2D eigenvalue weighted by molar-refractivity contribution is 4.85. The summed E-state index contributed by atoms with van der Waals surface area (Å²) in [6.07, 6.45) is 1.67. The van der Waals surface area contributed by atoms with Gasteiger partial charge >= 0.3 is 0 Å². The van der Waals surface area contributed by atoms with Crippen molar-refractivity contribution in [2.75, 3.05) is 13.2 Å². The van der Waals surface area contributed by atoms with E-state index in [1.807, 2.05) is 20.8 Å². The van der Waals surface area contributed by atoms with Crippen molar-refractivity contribution >= 4 is 0 Å². The van der Waals surface area contributed by atoms with E-state index in [2.05, 4.69) is 6.58 Å². The fourth-order valence-electron chi connectivity index (χ4n) is 0.733. The van der Waals surface area contributed by atoms with Crippen LogP contribution in [0.1, 0.15) is 20.8 Å². The summed E-state index contributed by atoms with van der Waals surface area (Å²) in [7, 11) is 0. The molecule has 0 saturated heterocycles. The van der Waals surface area contributed by atoms with Gasteiger partial charge in [0.2, 0.25) is 0 Å². The Bertz CT molecular complexity index is 93.4. The summed E-state index contributed by atoms with van der Waals surface area (Å²) < 4.78 is 10.6. The van der Waals surface area contributed by atoms with E-state index < -0.39 is 5.79 Å². The molecule has 0 aromatic rings. The van der Waals surface area contributed by atoms with Gasteiger partial charge in [-0.1, -0.05) is 6.58 Å². The van der Waals surface area contributed by atoms with Crippen LogP contribution < -0.4 is 0 Å². The van der Waals surface area contributed by atoms with Gasteiger partial charge in [0, 0.05) is 13.2 Å². The largest absolute Gasteiger partial charge is 0.347 e. The van der Waals surface area contributed by atoms with Crippen molar-refractivity contribution in [3.8, 4) is 0 Å². The molecule has 0 amide bonds. The molecule has 0 aliphatic heterocycles. The van der Waals surface area contributed by atoms with Crippen molar-refractivity contribution < 1.29 is 9.47 Å². The first-order valence-electron chi connectivity index (χ1n) is 3.60. The minimum atomic E-state index is -0.594. The number of hydrogen-bond acceptors (Lipinski definition) is 2. The topological polar surface area (TPSA) is 18.5 Å². The molecule has 0 aromatic carbocycles. The van der Waals surface area contributed by atoms with Crippen LogP contribution in [0.4, 0.5) is 0 Å². The third-order valence-electron chi connectivity index (χ3n) is 1.23. The first kappa shape index (κ1) is 9.66. The van der Waals surface area contributed by atoms with Gasteiger partial charge in [-0.05, 0) is 26.8 Å². The highest BCUT2D eigenvalue weighted by Crippen LogP contribution is 2.12. The zero-order valence-corrected chi connectivity index (χ0v) is 7.02. The van der Waals surface area contributed by atoms with E-state index in [1.54, 1.807) is 6.08 Å². The van der Waals surface area contributed by atoms with Crippen molar-refractivity contribution in [2.24, 2.45) is 0 Å². The van der Waals surface area contributed by atoms with E-state index in [9.17, 15) is 0 Å². The van der Waals surface area contributed by atoms with Crippen LogP contribution >= 0.6 is 0 Å². The van der Waals surface area contributed by atoms with Crippen molar-refractivity contribution in [1.29, 1.82) is 0 Å². The average molecular weight is 144 g/mol. The molecule has 10 heavy (non-hydrogen) atoms. The van der Waals surface area contributed by atoms with Crippen LogP contribution in [0.5, 0.6) is 0 Å². The zero-order valence-electron chi connectivity index (χ0n) is 7.02. The second-order valence-electron chi connectivity index (χ2n) is 2.09. The van der Waals surface area contributed by atoms with E-state index in [4.69, 9.17) is 9.47 Å². The quantitative estimate of drug-likeness (QED) is 0.434. The van der Waals surface area contributed by atoms with Gasteiger partial charge in [-0.2, -0.15) is 0 Å². The lowest BCUT2D eigenvalue weighted by Crippen LogP contribution is -2.29. The predicted octanol–water partition coefficient (Wildman–Crippen LogP) is 1.96. The third-order valence-corrected chi connectivity index (χ3v) is 1.23. The van der Waals surface area contributed by atoms with Gasteiger partial charge in [-0.15, -0.1) is 0 Å². The molecule has 0 bridgehead atoms. The van der Waals surface area contributed by atoms with E-state index in [1.165, 1.54) is 0 Å². The molecule has 2 nitrogen and oxygen atoms in total. The molecule has 0 fully saturated rings. The van der Waals surface area contributed by atoms with E-state index >= 15 is 0 Å². The molecule has 0 radical (unpaired) electrons. The van der Waals surface area contributed by atoms with Crippen LogP contribution in [0.15, 0.2) is 12.7 Å². The number of rotatable bonds is 5. The van der Waals surface area contributed by atoms with Crippen molar-refractivity contribution in [2.45, 2.75) is 26.6 Å². The predicted molar refractivity (Wildman–Crippen MR) is 41.9 cm³/mol. The Balaban J connectivity index is 3.81. The van der Waals surface area contributed by atoms with Crippen LogP contribution in [-0.4, -0.2) is 19.0 Å². The molecule has 0 aliphatic rings. The minimum absolute atomic E-state index is 0.594. The monoisotopic (exact) mass is 144 g/mol. The van der Waals surface area contributed by atoms with Crippen molar-refractivity contribution in [3.05, 3.63) is 12.7 Å². The molecule has 0 saturated carbocycles. The molecule has 0 heterocycles. The maximum absolute atomic E-state index is 5.28. The second kappa shape index (κ2) is 4.47. The maximum atomic E-state index is 5.28. The second-order valence-corrected chi connectivity index (χ2v) is 2.09. The summed E-state index contributed by atoms with van der Waals surface area (Å²) >= 11 is 0. The summed E-state index contributed by atoms with van der Waals surface area (Å²) in [6, 6.07) is 0. The highest BCUT2D eigenvalue weighted by atomic mass is 16.7. The molecule has 2 heteroatoms. The van der Waals surface area contributed by atoms with Gasteiger partial charge in [0.05, 0.1) is 0 Å². The lowest BCUT2D eigenvalue weighted by atomic mass is 10.3. The smallest absolute Gasteiger partial charge is 0.184 e. The molecular formula is C8H16O2. The van der Waals surface area contributed by atoms with Gasteiger partial charge in [-0.25, -0.2) is 0 Å². The summed E-state index contributed by atoms with van der Waals surface area (Å²) in [5, 5.41) is 0. The number of hydrogen-bond donors (Lipinski definition) is 0. The minimum Gasteiger partial charge on any atom is -0.347 e. The van der Waals surface area contributed by atoms with Crippen LogP contribution in [0.3, 0.4) is 0 Å². The molecule has 0 spiro atoms. The molecule has 0 rings (SSSR count). The molecule has 60 valence electrons. The molecule has 0 aromatic heterocycles. The van der Waals surface area contributed by atoms with E-state index in [-0.39, 0.29) is 0 Å². The summed E-state index contributed by atoms with van der Waals surface area (Å²) in [5.74, 6) is -0.594. The first-order chi connectivity index (χ1) is 4.68. The van der Waals surface area contributed by atoms with Gasteiger partial charge < -0.3 is 9.47 Å². The van der Waals surface area contributed by atoms with Crippen LogP contribution in [-0.2, 0) is 9.47 Å². The van der Waals surface area contributed by atoms with Crippen LogP contribution in [0.25, 0.3) is 0 Å². The van der Waals surface area contributed by atoms with Crippen LogP contribution in [0.2, 0.25) is 0 Å². The molecular weight excluding hydrogens is 128 g/mol. The molecule has 0 N–H and O–H groups in total.